The summed E-state index contributed by atoms with van der Waals surface area (Å²) in [6.45, 7) is 5.66. The predicted molar refractivity (Wildman–Crippen MR) is 74.8 cm³/mol. The quantitative estimate of drug-likeness (QED) is 0.809. The lowest BCUT2D eigenvalue weighted by molar-refractivity contribution is 0.790. The van der Waals surface area contributed by atoms with Crippen molar-refractivity contribution >= 4 is 23.1 Å². The van der Waals surface area contributed by atoms with Crippen molar-refractivity contribution in [3.63, 3.8) is 0 Å². The van der Waals surface area contributed by atoms with E-state index in [1.165, 1.54) is 35.8 Å². The van der Waals surface area contributed by atoms with Crippen LogP contribution in [0.15, 0.2) is 24.3 Å². The molecular formula is C13H20N2S. The monoisotopic (exact) mass is 236 g/mol. The van der Waals surface area contributed by atoms with E-state index in [4.69, 9.17) is 0 Å². The van der Waals surface area contributed by atoms with Crippen molar-refractivity contribution in [3.05, 3.63) is 24.3 Å². The number of fused-ring (bicyclic) bond motifs is 1. The van der Waals surface area contributed by atoms with E-state index in [9.17, 15) is 0 Å². The number of anilines is 2. The number of thioether (sulfide) groups is 1. The van der Waals surface area contributed by atoms with Crippen LogP contribution in [0.4, 0.5) is 11.4 Å². The molecule has 0 fully saturated rings. The fraction of sp³-hybridized carbons (Fsp3) is 0.538. The van der Waals surface area contributed by atoms with Crippen molar-refractivity contribution in [1.82, 2.24) is 0 Å². The molecule has 2 nitrogen and oxygen atoms in total. The predicted octanol–water partition coefficient (Wildman–Crippen LogP) is 3.06. The summed E-state index contributed by atoms with van der Waals surface area (Å²) < 4.78 is 0. The molecule has 0 unspecified atom stereocenters. The minimum Gasteiger partial charge on any atom is -0.383 e. The molecule has 1 heterocycles. The van der Waals surface area contributed by atoms with Gasteiger partial charge in [0.25, 0.3) is 0 Å². The van der Waals surface area contributed by atoms with Crippen molar-refractivity contribution in [1.29, 1.82) is 0 Å². The minimum atomic E-state index is 1.09. The van der Waals surface area contributed by atoms with Gasteiger partial charge in [-0.25, -0.2) is 0 Å². The van der Waals surface area contributed by atoms with E-state index in [0.29, 0.717) is 0 Å². The van der Waals surface area contributed by atoms with Gasteiger partial charge in [0.2, 0.25) is 0 Å². The largest absolute Gasteiger partial charge is 0.383 e. The fourth-order valence-corrected chi connectivity index (χ4v) is 2.70. The molecule has 0 aliphatic carbocycles. The number of benzene rings is 1. The first-order valence-corrected chi connectivity index (χ1v) is 7.23. The van der Waals surface area contributed by atoms with Gasteiger partial charge in [0, 0.05) is 25.4 Å². The molecule has 0 aromatic heterocycles. The lowest BCUT2D eigenvalue weighted by Gasteiger charge is -2.24. The number of rotatable bonds is 4. The number of nitrogens with one attached hydrogen (secondary N) is 1. The molecule has 1 N–H and O–H groups in total. The standard InChI is InChI=1S/C13H20N2S/c1-2-16-11-10-15-9-5-8-14-12-6-3-4-7-13(12)15/h3-4,6-7,14H,2,5,8-11H2,1H3. The Balaban J connectivity index is 2.06. The minimum absolute atomic E-state index is 1.09. The van der Waals surface area contributed by atoms with Crippen LogP contribution in [0.1, 0.15) is 13.3 Å². The SMILES string of the molecule is CCSCCN1CCCNc2ccccc21. The number of para-hydroxylation sites is 2. The van der Waals surface area contributed by atoms with E-state index in [-0.39, 0.29) is 0 Å². The average molecular weight is 236 g/mol. The second kappa shape index (κ2) is 6.04. The van der Waals surface area contributed by atoms with Gasteiger partial charge in [0.05, 0.1) is 11.4 Å². The zero-order valence-electron chi connectivity index (χ0n) is 9.91. The van der Waals surface area contributed by atoms with Crippen LogP contribution in [0.25, 0.3) is 0 Å². The van der Waals surface area contributed by atoms with Crippen molar-refractivity contribution in [2.24, 2.45) is 0 Å². The Labute approximate surface area is 102 Å². The van der Waals surface area contributed by atoms with E-state index in [1.54, 1.807) is 0 Å². The number of hydrogen-bond donors (Lipinski definition) is 1. The summed E-state index contributed by atoms with van der Waals surface area (Å²) in [4.78, 5) is 2.51. The van der Waals surface area contributed by atoms with Crippen LogP contribution in [-0.4, -0.2) is 31.1 Å². The third kappa shape index (κ3) is 2.85. The number of hydrogen-bond acceptors (Lipinski definition) is 3. The fourth-order valence-electron chi connectivity index (χ4n) is 2.06. The molecule has 1 aromatic rings. The molecule has 2 rings (SSSR count). The highest BCUT2D eigenvalue weighted by Crippen LogP contribution is 2.27. The smallest absolute Gasteiger partial charge is 0.0602 e. The van der Waals surface area contributed by atoms with Gasteiger partial charge < -0.3 is 10.2 Å². The van der Waals surface area contributed by atoms with Gasteiger partial charge in [-0.05, 0) is 24.3 Å². The van der Waals surface area contributed by atoms with Crippen LogP contribution in [0.3, 0.4) is 0 Å². The summed E-state index contributed by atoms with van der Waals surface area (Å²) in [5.41, 5.74) is 2.67. The molecule has 0 atom stereocenters. The van der Waals surface area contributed by atoms with Crippen molar-refractivity contribution in [3.8, 4) is 0 Å². The van der Waals surface area contributed by atoms with E-state index in [0.717, 1.165) is 13.1 Å². The van der Waals surface area contributed by atoms with Gasteiger partial charge in [-0.3, -0.25) is 0 Å². The highest BCUT2D eigenvalue weighted by atomic mass is 32.2. The molecule has 16 heavy (non-hydrogen) atoms. The lowest BCUT2D eigenvalue weighted by Crippen LogP contribution is -2.26. The van der Waals surface area contributed by atoms with Gasteiger partial charge in [0.1, 0.15) is 0 Å². The Morgan fingerprint density at radius 3 is 3.12 bits per heavy atom. The first kappa shape index (κ1) is 11.6. The summed E-state index contributed by atoms with van der Waals surface area (Å²) in [6.07, 6.45) is 1.23. The molecule has 0 radical (unpaired) electrons. The Bertz CT molecular complexity index is 327. The molecule has 3 heteroatoms. The van der Waals surface area contributed by atoms with E-state index in [1.807, 2.05) is 11.8 Å². The lowest BCUT2D eigenvalue weighted by atomic mass is 10.2. The molecule has 0 spiro atoms. The van der Waals surface area contributed by atoms with Crippen LogP contribution in [0, 0.1) is 0 Å². The van der Waals surface area contributed by atoms with Gasteiger partial charge in [-0.15, -0.1) is 0 Å². The molecule has 0 amide bonds. The molecule has 1 aromatic carbocycles. The second-order valence-electron chi connectivity index (χ2n) is 3.98. The van der Waals surface area contributed by atoms with Gasteiger partial charge in [-0.1, -0.05) is 19.1 Å². The maximum Gasteiger partial charge on any atom is 0.0602 e. The molecule has 0 saturated carbocycles. The molecule has 0 saturated heterocycles. The number of nitrogens with zero attached hydrogens (tertiary/aromatic N) is 1. The van der Waals surface area contributed by atoms with Crippen LogP contribution < -0.4 is 10.2 Å². The first-order chi connectivity index (χ1) is 7.92. The molecular weight excluding hydrogens is 216 g/mol. The molecule has 1 aliphatic rings. The van der Waals surface area contributed by atoms with Crippen LogP contribution in [0.2, 0.25) is 0 Å². The Kier molecular flexibility index (Phi) is 4.40. The summed E-state index contributed by atoms with van der Waals surface area (Å²) in [6, 6.07) is 8.65. The zero-order chi connectivity index (χ0) is 11.2. The Hall–Kier alpha value is -0.830. The topological polar surface area (TPSA) is 15.3 Å². The summed E-state index contributed by atoms with van der Waals surface area (Å²) in [5, 5.41) is 3.50. The van der Waals surface area contributed by atoms with Crippen molar-refractivity contribution in [2.45, 2.75) is 13.3 Å². The summed E-state index contributed by atoms with van der Waals surface area (Å²) in [5.74, 6) is 2.44. The van der Waals surface area contributed by atoms with Crippen LogP contribution in [0.5, 0.6) is 0 Å². The van der Waals surface area contributed by atoms with E-state index >= 15 is 0 Å². The normalized spacial score (nSPS) is 15.2. The molecule has 0 bridgehead atoms. The van der Waals surface area contributed by atoms with Gasteiger partial charge in [-0.2, -0.15) is 11.8 Å². The van der Waals surface area contributed by atoms with Gasteiger partial charge in [0.15, 0.2) is 0 Å². The third-order valence-corrected chi connectivity index (χ3v) is 3.75. The molecule has 1 aliphatic heterocycles. The van der Waals surface area contributed by atoms with E-state index < -0.39 is 0 Å². The maximum absolute atomic E-state index is 3.50. The third-order valence-electron chi connectivity index (χ3n) is 2.87. The van der Waals surface area contributed by atoms with Crippen molar-refractivity contribution < 1.29 is 0 Å². The van der Waals surface area contributed by atoms with Crippen molar-refractivity contribution in [2.75, 3.05) is 41.4 Å². The second-order valence-corrected chi connectivity index (χ2v) is 5.38. The van der Waals surface area contributed by atoms with Gasteiger partial charge >= 0.3 is 0 Å². The maximum atomic E-state index is 3.50. The Morgan fingerprint density at radius 1 is 1.38 bits per heavy atom. The molecule has 88 valence electrons. The van der Waals surface area contributed by atoms with E-state index in [2.05, 4.69) is 41.4 Å². The van der Waals surface area contributed by atoms with Crippen LogP contribution >= 0.6 is 11.8 Å². The zero-order valence-corrected chi connectivity index (χ0v) is 10.7. The average Bonchev–Trinajstić information content (AvgIpc) is 2.52. The van der Waals surface area contributed by atoms with Crippen LogP contribution in [-0.2, 0) is 0 Å². The summed E-state index contributed by atoms with van der Waals surface area (Å²) in [7, 11) is 0. The first-order valence-electron chi connectivity index (χ1n) is 6.07. The highest BCUT2D eigenvalue weighted by molar-refractivity contribution is 7.99. The highest BCUT2D eigenvalue weighted by Gasteiger charge is 2.13. The summed E-state index contributed by atoms with van der Waals surface area (Å²) >= 11 is 2.02. The Morgan fingerprint density at radius 2 is 2.25 bits per heavy atom.